The number of hydrogen-bond donors (Lipinski definition) is 3. The molecule has 0 bridgehead atoms. The third kappa shape index (κ3) is 4.78. The molecule has 8 nitrogen and oxygen atoms in total. The molecule has 0 unspecified atom stereocenters. The number of nitrogens with one attached hydrogen (secondary N) is 2. The Morgan fingerprint density at radius 1 is 0.967 bits per heavy atom. The van der Waals surface area contributed by atoms with Gasteiger partial charge in [0.25, 0.3) is 0 Å². The number of carbonyl (C=O) groups excluding carboxylic acids is 1. The van der Waals surface area contributed by atoms with Crippen molar-refractivity contribution in [2.24, 2.45) is 5.73 Å². The largest absolute Gasteiger partial charge is 0.370 e. The number of benzene rings is 2. The van der Waals surface area contributed by atoms with Crippen LogP contribution in [0.5, 0.6) is 0 Å². The van der Waals surface area contributed by atoms with Gasteiger partial charge in [-0.05, 0) is 41.2 Å². The van der Waals surface area contributed by atoms with Crippen LogP contribution in [-0.2, 0) is 24.1 Å². The highest BCUT2D eigenvalue weighted by atomic mass is 16.1. The standard InChI is InChI=1S/C22H23N7O/c23-20(30)6-3-7-21-24-14-17(25-21)13-10-15-8-11-16(12-9-15)18-4-1-2-5-19(18)22-26-28-29-27-22/h1-2,4-5,8-9,11-12,14H,3,6-7,10,13H2,(H2,23,30)(H,24,25)(H,26,27,28,29). The lowest BCUT2D eigenvalue weighted by Crippen LogP contribution is -2.10. The molecule has 2 aromatic carbocycles. The van der Waals surface area contributed by atoms with E-state index in [9.17, 15) is 4.79 Å². The first-order valence-electron chi connectivity index (χ1n) is 9.92. The maximum absolute atomic E-state index is 10.8. The van der Waals surface area contributed by atoms with Crippen molar-refractivity contribution in [3.63, 3.8) is 0 Å². The fraction of sp³-hybridized carbons (Fsp3) is 0.227. The van der Waals surface area contributed by atoms with Crippen molar-refractivity contribution in [1.82, 2.24) is 30.6 Å². The lowest BCUT2D eigenvalue weighted by Gasteiger charge is -2.08. The topological polar surface area (TPSA) is 126 Å². The number of carbonyl (C=O) groups is 1. The zero-order valence-corrected chi connectivity index (χ0v) is 16.5. The first kappa shape index (κ1) is 19.5. The zero-order valence-electron chi connectivity index (χ0n) is 16.5. The summed E-state index contributed by atoms with van der Waals surface area (Å²) in [6.07, 6.45) is 5.50. The minimum atomic E-state index is -0.273. The van der Waals surface area contributed by atoms with Gasteiger partial charge in [0, 0.05) is 30.3 Å². The number of imidazole rings is 1. The van der Waals surface area contributed by atoms with Crippen LogP contribution in [-0.4, -0.2) is 36.5 Å². The maximum atomic E-state index is 10.8. The number of hydrogen-bond acceptors (Lipinski definition) is 5. The fourth-order valence-electron chi connectivity index (χ4n) is 3.43. The summed E-state index contributed by atoms with van der Waals surface area (Å²) >= 11 is 0. The van der Waals surface area contributed by atoms with Crippen LogP contribution in [0.25, 0.3) is 22.5 Å². The summed E-state index contributed by atoms with van der Waals surface area (Å²) < 4.78 is 0. The zero-order chi connectivity index (χ0) is 20.8. The molecule has 0 aliphatic heterocycles. The van der Waals surface area contributed by atoms with Crippen LogP contribution in [0.1, 0.15) is 29.9 Å². The number of aryl methyl sites for hydroxylation is 3. The van der Waals surface area contributed by atoms with Crippen LogP contribution in [0.15, 0.2) is 54.7 Å². The molecule has 0 aliphatic carbocycles. The van der Waals surface area contributed by atoms with Crippen molar-refractivity contribution in [1.29, 1.82) is 0 Å². The van der Waals surface area contributed by atoms with E-state index in [4.69, 9.17) is 5.73 Å². The Balaban J connectivity index is 1.38. The quantitative estimate of drug-likeness (QED) is 0.397. The predicted octanol–water partition coefficient (Wildman–Crippen LogP) is 2.85. The molecule has 0 fully saturated rings. The molecule has 4 N–H and O–H groups in total. The van der Waals surface area contributed by atoms with Crippen LogP contribution >= 0.6 is 0 Å². The second-order valence-electron chi connectivity index (χ2n) is 7.15. The van der Waals surface area contributed by atoms with E-state index in [2.05, 4.69) is 60.9 Å². The number of primary amides is 1. The lowest BCUT2D eigenvalue weighted by atomic mass is 9.97. The summed E-state index contributed by atoms with van der Waals surface area (Å²) in [4.78, 5) is 18.5. The van der Waals surface area contributed by atoms with Crippen molar-refractivity contribution in [2.75, 3.05) is 0 Å². The molecule has 152 valence electrons. The van der Waals surface area contributed by atoms with Gasteiger partial charge >= 0.3 is 0 Å². The molecule has 8 heteroatoms. The number of aromatic nitrogens is 6. The third-order valence-corrected chi connectivity index (χ3v) is 4.98. The van der Waals surface area contributed by atoms with E-state index in [1.54, 1.807) is 0 Å². The number of aromatic amines is 2. The molecule has 0 saturated heterocycles. The molecule has 4 aromatic rings. The van der Waals surface area contributed by atoms with Crippen LogP contribution in [0.3, 0.4) is 0 Å². The Bertz CT molecular complexity index is 1100. The fourth-order valence-corrected chi connectivity index (χ4v) is 3.43. The van der Waals surface area contributed by atoms with E-state index in [1.165, 1.54) is 5.56 Å². The van der Waals surface area contributed by atoms with E-state index in [0.29, 0.717) is 12.2 Å². The van der Waals surface area contributed by atoms with Crippen LogP contribution in [0, 0.1) is 0 Å². The van der Waals surface area contributed by atoms with Gasteiger partial charge in [-0.15, -0.1) is 10.2 Å². The van der Waals surface area contributed by atoms with E-state index in [0.717, 1.165) is 53.9 Å². The van der Waals surface area contributed by atoms with E-state index >= 15 is 0 Å². The second kappa shape index (κ2) is 9.13. The number of amides is 1. The van der Waals surface area contributed by atoms with Gasteiger partial charge in [-0.1, -0.05) is 48.5 Å². The Morgan fingerprint density at radius 3 is 2.50 bits per heavy atom. The van der Waals surface area contributed by atoms with Gasteiger partial charge in [0.15, 0.2) is 0 Å². The van der Waals surface area contributed by atoms with Crippen molar-refractivity contribution in [2.45, 2.75) is 32.1 Å². The van der Waals surface area contributed by atoms with Crippen LogP contribution in [0.2, 0.25) is 0 Å². The molecule has 0 atom stereocenters. The van der Waals surface area contributed by atoms with Crippen molar-refractivity contribution in [3.05, 3.63) is 71.8 Å². The molecule has 0 saturated carbocycles. The van der Waals surface area contributed by atoms with E-state index < -0.39 is 0 Å². The minimum Gasteiger partial charge on any atom is -0.370 e. The molecule has 4 rings (SSSR count). The Morgan fingerprint density at radius 2 is 1.77 bits per heavy atom. The van der Waals surface area contributed by atoms with Gasteiger partial charge in [0.05, 0.1) is 0 Å². The van der Waals surface area contributed by atoms with Crippen molar-refractivity contribution in [3.8, 4) is 22.5 Å². The summed E-state index contributed by atoms with van der Waals surface area (Å²) in [7, 11) is 0. The number of H-pyrrole nitrogens is 2. The van der Waals surface area contributed by atoms with E-state index in [-0.39, 0.29) is 5.91 Å². The number of nitrogens with two attached hydrogens (primary N) is 1. The Labute approximate surface area is 173 Å². The van der Waals surface area contributed by atoms with Gasteiger partial charge in [-0.2, -0.15) is 5.21 Å². The average molecular weight is 401 g/mol. The molecule has 30 heavy (non-hydrogen) atoms. The molecule has 1 amide bonds. The van der Waals surface area contributed by atoms with Crippen molar-refractivity contribution >= 4 is 5.91 Å². The first-order valence-corrected chi connectivity index (χ1v) is 9.92. The summed E-state index contributed by atoms with van der Waals surface area (Å²) in [6, 6.07) is 16.6. The average Bonchev–Trinajstić information content (AvgIpc) is 3.45. The SMILES string of the molecule is NC(=O)CCCc1ncc(CCc2ccc(-c3ccccc3-c3nn[nH]n3)cc2)[nH]1. The first-order chi connectivity index (χ1) is 14.7. The Hall–Kier alpha value is -3.81. The van der Waals surface area contributed by atoms with Crippen LogP contribution in [0.4, 0.5) is 0 Å². The molecule has 2 heterocycles. The van der Waals surface area contributed by atoms with Gasteiger partial charge in [-0.3, -0.25) is 4.79 Å². The molecule has 0 aliphatic rings. The minimum absolute atomic E-state index is 0.273. The molecule has 2 aromatic heterocycles. The second-order valence-corrected chi connectivity index (χ2v) is 7.15. The van der Waals surface area contributed by atoms with Crippen molar-refractivity contribution < 1.29 is 4.79 Å². The summed E-state index contributed by atoms with van der Waals surface area (Å²) in [6.45, 7) is 0. The molecular weight excluding hydrogens is 378 g/mol. The van der Waals surface area contributed by atoms with Gasteiger partial charge in [0.2, 0.25) is 11.7 Å². The maximum Gasteiger partial charge on any atom is 0.217 e. The van der Waals surface area contributed by atoms with Crippen LogP contribution < -0.4 is 5.73 Å². The number of rotatable bonds is 9. The summed E-state index contributed by atoms with van der Waals surface area (Å²) in [5, 5.41) is 14.4. The highest BCUT2D eigenvalue weighted by molar-refractivity contribution is 5.80. The number of tetrazole rings is 1. The summed E-state index contributed by atoms with van der Waals surface area (Å²) in [5.74, 6) is 1.21. The molecular formula is C22H23N7O. The third-order valence-electron chi connectivity index (χ3n) is 4.98. The summed E-state index contributed by atoms with van der Waals surface area (Å²) in [5.41, 5.74) is 10.6. The highest BCUT2D eigenvalue weighted by Crippen LogP contribution is 2.29. The lowest BCUT2D eigenvalue weighted by molar-refractivity contribution is -0.118. The highest BCUT2D eigenvalue weighted by Gasteiger charge is 2.10. The Kier molecular flexibility index (Phi) is 5.93. The molecule has 0 spiro atoms. The van der Waals surface area contributed by atoms with Gasteiger partial charge < -0.3 is 10.7 Å². The normalized spacial score (nSPS) is 10.9. The predicted molar refractivity (Wildman–Crippen MR) is 113 cm³/mol. The molecule has 0 radical (unpaired) electrons. The number of nitrogens with zero attached hydrogens (tertiary/aromatic N) is 4. The smallest absolute Gasteiger partial charge is 0.217 e. The van der Waals surface area contributed by atoms with E-state index in [1.807, 2.05) is 24.4 Å². The monoisotopic (exact) mass is 401 g/mol. The van der Waals surface area contributed by atoms with Gasteiger partial charge in [0.1, 0.15) is 5.82 Å². The van der Waals surface area contributed by atoms with Gasteiger partial charge in [-0.25, -0.2) is 4.98 Å².